The van der Waals surface area contributed by atoms with Crippen molar-refractivity contribution < 1.29 is 0 Å². The number of hydrogen-bond acceptors (Lipinski definition) is 2. The maximum atomic E-state index is 6.00. The van der Waals surface area contributed by atoms with E-state index in [2.05, 4.69) is 26.0 Å². The lowest BCUT2D eigenvalue weighted by Gasteiger charge is -2.07. The smallest absolute Gasteiger partial charge is 0.0389 e. The summed E-state index contributed by atoms with van der Waals surface area (Å²) in [4.78, 5) is 2.69. The molecule has 1 atom stereocenters. The van der Waals surface area contributed by atoms with Gasteiger partial charge in [-0.05, 0) is 25.5 Å². The highest BCUT2D eigenvalue weighted by molar-refractivity contribution is 7.12. The van der Waals surface area contributed by atoms with E-state index in [9.17, 15) is 0 Å². The molecule has 1 rings (SSSR count). The molecule has 0 saturated heterocycles. The highest BCUT2D eigenvalue weighted by Gasteiger charge is 2.06. The summed E-state index contributed by atoms with van der Waals surface area (Å²) in [7, 11) is 0. The molecule has 0 spiro atoms. The molecular weight excluding hydrogens is 166 g/mol. The van der Waals surface area contributed by atoms with Crippen LogP contribution in [0.2, 0.25) is 0 Å². The van der Waals surface area contributed by atoms with E-state index in [0.29, 0.717) is 0 Å². The first-order valence-corrected chi connectivity index (χ1v) is 5.37. The van der Waals surface area contributed by atoms with Gasteiger partial charge in [0.1, 0.15) is 0 Å². The zero-order valence-electron chi connectivity index (χ0n) is 7.84. The zero-order valence-corrected chi connectivity index (χ0v) is 8.66. The summed E-state index contributed by atoms with van der Waals surface area (Å²) in [5, 5.41) is 0. The Morgan fingerprint density at radius 2 is 2.25 bits per heavy atom. The molecule has 0 saturated carbocycles. The van der Waals surface area contributed by atoms with Crippen LogP contribution in [0, 0.1) is 6.92 Å². The van der Waals surface area contributed by atoms with Gasteiger partial charge in [0.15, 0.2) is 0 Å². The quantitative estimate of drug-likeness (QED) is 0.762. The fraction of sp³-hybridized carbons (Fsp3) is 0.600. The second kappa shape index (κ2) is 4.63. The summed E-state index contributed by atoms with van der Waals surface area (Å²) < 4.78 is 0. The number of hydrogen-bond donors (Lipinski definition) is 1. The van der Waals surface area contributed by atoms with Gasteiger partial charge in [0.25, 0.3) is 0 Å². The van der Waals surface area contributed by atoms with E-state index in [1.807, 2.05) is 11.3 Å². The van der Waals surface area contributed by atoms with E-state index in [4.69, 9.17) is 5.73 Å². The summed E-state index contributed by atoms with van der Waals surface area (Å²) in [6.07, 6.45) is 3.59. The third-order valence-corrected chi connectivity index (χ3v) is 3.13. The van der Waals surface area contributed by atoms with Crippen molar-refractivity contribution in [2.24, 2.45) is 5.73 Å². The van der Waals surface area contributed by atoms with Crippen LogP contribution < -0.4 is 5.73 Å². The zero-order chi connectivity index (χ0) is 8.97. The Kier molecular flexibility index (Phi) is 3.76. The standard InChI is InChI=1S/C10H17NS/c1-3-4-5-9(11)10-7-6-8(2)12-10/h6-7,9H,3-5,11H2,1-2H3/t9-/m1/s1. The van der Waals surface area contributed by atoms with Gasteiger partial charge in [-0.1, -0.05) is 19.8 Å². The molecule has 0 bridgehead atoms. The van der Waals surface area contributed by atoms with E-state index in [1.54, 1.807) is 0 Å². The van der Waals surface area contributed by atoms with Gasteiger partial charge in [-0.25, -0.2) is 0 Å². The first kappa shape index (κ1) is 9.75. The van der Waals surface area contributed by atoms with Gasteiger partial charge in [-0.3, -0.25) is 0 Å². The molecule has 0 fully saturated rings. The van der Waals surface area contributed by atoms with Crippen molar-refractivity contribution >= 4 is 11.3 Å². The third kappa shape index (κ3) is 2.61. The second-order valence-electron chi connectivity index (χ2n) is 3.20. The Labute approximate surface area is 78.6 Å². The SMILES string of the molecule is CCCC[C@@H](N)c1ccc(C)s1. The molecule has 2 heteroatoms. The van der Waals surface area contributed by atoms with Gasteiger partial charge in [0, 0.05) is 15.8 Å². The van der Waals surface area contributed by atoms with Crippen LogP contribution in [0.5, 0.6) is 0 Å². The monoisotopic (exact) mass is 183 g/mol. The van der Waals surface area contributed by atoms with Crippen LogP contribution in [0.3, 0.4) is 0 Å². The van der Waals surface area contributed by atoms with Crippen LogP contribution in [0.15, 0.2) is 12.1 Å². The molecule has 68 valence electrons. The maximum absolute atomic E-state index is 6.00. The highest BCUT2D eigenvalue weighted by atomic mass is 32.1. The molecule has 1 nitrogen and oxygen atoms in total. The van der Waals surface area contributed by atoms with Crippen molar-refractivity contribution in [1.29, 1.82) is 0 Å². The van der Waals surface area contributed by atoms with Gasteiger partial charge in [0.2, 0.25) is 0 Å². The van der Waals surface area contributed by atoms with Crippen molar-refractivity contribution in [2.45, 2.75) is 39.2 Å². The molecule has 0 aliphatic heterocycles. The van der Waals surface area contributed by atoms with E-state index in [1.165, 1.54) is 22.6 Å². The molecule has 1 aromatic rings. The largest absolute Gasteiger partial charge is 0.323 e. The van der Waals surface area contributed by atoms with E-state index >= 15 is 0 Å². The van der Waals surface area contributed by atoms with Crippen molar-refractivity contribution in [3.05, 3.63) is 21.9 Å². The van der Waals surface area contributed by atoms with Crippen LogP contribution in [0.1, 0.15) is 42.0 Å². The lowest BCUT2D eigenvalue weighted by atomic mass is 10.1. The predicted molar refractivity (Wildman–Crippen MR) is 55.5 cm³/mol. The molecule has 1 aromatic heterocycles. The van der Waals surface area contributed by atoms with Crippen LogP contribution in [-0.4, -0.2) is 0 Å². The minimum Gasteiger partial charge on any atom is -0.323 e. The van der Waals surface area contributed by atoms with Crippen LogP contribution >= 0.6 is 11.3 Å². The van der Waals surface area contributed by atoms with Crippen molar-refractivity contribution in [3.63, 3.8) is 0 Å². The van der Waals surface area contributed by atoms with Crippen molar-refractivity contribution in [1.82, 2.24) is 0 Å². The van der Waals surface area contributed by atoms with Crippen molar-refractivity contribution in [3.8, 4) is 0 Å². The summed E-state index contributed by atoms with van der Waals surface area (Å²) in [6.45, 7) is 4.33. The first-order valence-electron chi connectivity index (χ1n) is 4.56. The number of aryl methyl sites for hydroxylation is 1. The Morgan fingerprint density at radius 1 is 1.50 bits per heavy atom. The molecule has 1 heterocycles. The topological polar surface area (TPSA) is 26.0 Å². The van der Waals surface area contributed by atoms with Crippen LogP contribution in [0.25, 0.3) is 0 Å². The minimum absolute atomic E-state index is 0.267. The molecule has 0 aliphatic rings. The molecule has 12 heavy (non-hydrogen) atoms. The van der Waals surface area contributed by atoms with Gasteiger partial charge >= 0.3 is 0 Å². The second-order valence-corrected chi connectivity index (χ2v) is 4.52. The molecule has 2 N–H and O–H groups in total. The number of nitrogens with two attached hydrogens (primary N) is 1. The Morgan fingerprint density at radius 3 is 2.75 bits per heavy atom. The fourth-order valence-corrected chi connectivity index (χ4v) is 2.13. The van der Waals surface area contributed by atoms with Gasteiger partial charge < -0.3 is 5.73 Å². The summed E-state index contributed by atoms with van der Waals surface area (Å²) >= 11 is 1.82. The molecule has 0 amide bonds. The summed E-state index contributed by atoms with van der Waals surface area (Å²) in [5.74, 6) is 0. The molecule has 0 aliphatic carbocycles. The first-order chi connectivity index (χ1) is 5.74. The summed E-state index contributed by atoms with van der Waals surface area (Å²) in [6, 6.07) is 4.57. The van der Waals surface area contributed by atoms with Crippen molar-refractivity contribution in [2.75, 3.05) is 0 Å². The Bertz CT molecular complexity index is 229. The average molecular weight is 183 g/mol. The Hall–Kier alpha value is -0.340. The molecule has 0 unspecified atom stereocenters. The van der Waals surface area contributed by atoms with E-state index in [-0.39, 0.29) is 6.04 Å². The van der Waals surface area contributed by atoms with E-state index < -0.39 is 0 Å². The molecule has 0 aromatic carbocycles. The lowest BCUT2D eigenvalue weighted by Crippen LogP contribution is -2.07. The maximum Gasteiger partial charge on any atom is 0.0389 e. The van der Waals surface area contributed by atoms with Crippen LogP contribution in [-0.2, 0) is 0 Å². The lowest BCUT2D eigenvalue weighted by molar-refractivity contribution is 0.611. The third-order valence-electron chi connectivity index (χ3n) is 2.00. The van der Waals surface area contributed by atoms with Crippen LogP contribution in [0.4, 0.5) is 0 Å². The number of thiophene rings is 1. The molecule has 0 radical (unpaired) electrons. The van der Waals surface area contributed by atoms with Gasteiger partial charge in [0.05, 0.1) is 0 Å². The summed E-state index contributed by atoms with van der Waals surface area (Å²) in [5.41, 5.74) is 6.00. The number of rotatable bonds is 4. The number of unbranched alkanes of at least 4 members (excludes halogenated alkanes) is 1. The predicted octanol–water partition coefficient (Wildman–Crippen LogP) is 3.25. The molecular formula is C10H17NS. The van der Waals surface area contributed by atoms with E-state index in [0.717, 1.165) is 6.42 Å². The highest BCUT2D eigenvalue weighted by Crippen LogP contribution is 2.24. The minimum atomic E-state index is 0.267. The normalized spacial score (nSPS) is 13.2. The fourth-order valence-electron chi connectivity index (χ4n) is 1.22. The van der Waals surface area contributed by atoms with Gasteiger partial charge in [-0.2, -0.15) is 0 Å². The average Bonchev–Trinajstić information content (AvgIpc) is 2.47. The Balaban J connectivity index is 2.47. The van der Waals surface area contributed by atoms with Gasteiger partial charge in [-0.15, -0.1) is 11.3 Å².